The molecule has 3 aromatic rings. The summed E-state index contributed by atoms with van der Waals surface area (Å²) in [6.07, 6.45) is 0. The summed E-state index contributed by atoms with van der Waals surface area (Å²) >= 11 is 6.26. The molecule has 31 heavy (non-hydrogen) atoms. The van der Waals surface area contributed by atoms with Gasteiger partial charge in [0.2, 0.25) is 5.69 Å². The van der Waals surface area contributed by atoms with Gasteiger partial charge in [0.1, 0.15) is 0 Å². The van der Waals surface area contributed by atoms with E-state index in [-0.39, 0.29) is 12.2 Å². The number of rotatable bonds is 6. The molecule has 0 saturated heterocycles. The number of aryl methyl sites for hydroxylation is 2. The summed E-state index contributed by atoms with van der Waals surface area (Å²) in [6.45, 7) is 8.30. The van der Waals surface area contributed by atoms with Crippen molar-refractivity contribution in [2.45, 2.75) is 34.2 Å². The van der Waals surface area contributed by atoms with E-state index in [9.17, 15) is 14.4 Å². The lowest BCUT2D eigenvalue weighted by atomic mass is 10.1. The van der Waals surface area contributed by atoms with Gasteiger partial charge >= 0.3 is 5.69 Å². The van der Waals surface area contributed by atoms with Gasteiger partial charge in [-0.1, -0.05) is 35.9 Å². The molecule has 7 nitrogen and oxygen atoms in total. The van der Waals surface area contributed by atoms with Crippen molar-refractivity contribution < 1.29 is 4.79 Å². The summed E-state index contributed by atoms with van der Waals surface area (Å²) in [5.74, 6) is -0.513. The SMILES string of the molecule is CCN(CC)C(=O)c1nn(-c2ccc(C)c(C)c2)c(=O)n(Cc2ccccc2Cl)c1=O. The minimum absolute atomic E-state index is 0.0662. The van der Waals surface area contributed by atoms with Crippen molar-refractivity contribution in [2.24, 2.45) is 0 Å². The molecule has 0 spiro atoms. The molecule has 1 aromatic heterocycles. The van der Waals surface area contributed by atoms with E-state index in [0.29, 0.717) is 29.4 Å². The third-order valence-electron chi connectivity index (χ3n) is 5.33. The number of carbonyl (C=O) groups is 1. The zero-order chi connectivity index (χ0) is 22.7. The normalized spacial score (nSPS) is 10.9. The lowest BCUT2D eigenvalue weighted by molar-refractivity contribution is 0.0761. The van der Waals surface area contributed by atoms with Gasteiger partial charge in [0.05, 0.1) is 12.2 Å². The van der Waals surface area contributed by atoms with Crippen LogP contribution in [0.1, 0.15) is 41.0 Å². The number of benzene rings is 2. The maximum atomic E-state index is 13.3. The van der Waals surface area contributed by atoms with Crippen LogP contribution in [0, 0.1) is 13.8 Å². The molecule has 0 unspecified atom stereocenters. The fraction of sp³-hybridized carbons (Fsp3) is 0.304. The van der Waals surface area contributed by atoms with Crippen LogP contribution in [0.3, 0.4) is 0 Å². The van der Waals surface area contributed by atoms with Crippen molar-refractivity contribution >= 4 is 17.5 Å². The average molecular weight is 441 g/mol. The molecule has 2 aromatic carbocycles. The van der Waals surface area contributed by atoms with Crippen LogP contribution in [0.25, 0.3) is 5.69 Å². The smallest absolute Gasteiger partial charge is 0.338 e. The number of halogens is 1. The van der Waals surface area contributed by atoms with E-state index >= 15 is 0 Å². The highest BCUT2D eigenvalue weighted by atomic mass is 35.5. The Morgan fingerprint density at radius 2 is 1.71 bits per heavy atom. The zero-order valence-electron chi connectivity index (χ0n) is 18.1. The van der Waals surface area contributed by atoms with Gasteiger partial charge in [-0.2, -0.15) is 9.78 Å². The lowest BCUT2D eigenvalue weighted by Gasteiger charge is -2.19. The van der Waals surface area contributed by atoms with E-state index in [2.05, 4.69) is 5.10 Å². The first-order valence-electron chi connectivity index (χ1n) is 10.1. The van der Waals surface area contributed by atoms with Crippen molar-refractivity contribution in [1.82, 2.24) is 19.2 Å². The minimum Gasteiger partial charge on any atom is -0.338 e. The Bertz CT molecular complexity index is 1240. The largest absolute Gasteiger partial charge is 0.352 e. The summed E-state index contributed by atoms with van der Waals surface area (Å²) < 4.78 is 2.13. The van der Waals surface area contributed by atoms with Gasteiger partial charge in [0.15, 0.2) is 0 Å². The van der Waals surface area contributed by atoms with Crippen LogP contribution in [0.5, 0.6) is 0 Å². The van der Waals surface area contributed by atoms with Crippen LogP contribution < -0.4 is 11.2 Å². The summed E-state index contributed by atoms with van der Waals surface area (Å²) in [5, 5.41) is 4.63. The highest BCUT2D eigenvalue weighted by Crippen LogP contribution is 2.16. The molecule has 0 N–H and O–H groups in total. The molecule has 0 aliphatic rings. The molecule has 8 heteroatoms. The van der Waals surface area contributed by atoms with Crippen LogP contribution in [0.4, 0.5) is 0 Å². The molecule has 3 rings (SSSR count). The van der Waals surface area contributed by atoms with Gasteiger partial charge in [-0.15, -0.1) is 0 Å². The Kier molecular flexibility index (Phi) is 6.75. The van der Waals surface area contributed by atoms with Crippen molar-refractivity contribution in [3.05, 3.63) is 90.7 Å². The van der Waals surface area contributed by atoms with Crippen LogP contribution in [0.2, 0.25) is 5.02 Å². The molecule has 0 aliphatic heterocycles. The third-order valence-corrected chi connectivity index (χ3v) is 5.70. The Morgan fingerprint density at radius 3 is 2.32 bits per heavy atom. The first-order chi connectivity index (χ1) is 14.8. The van der Waals surface area contributed by atoms with E-state index < -0.39 is 17.2 Å². The van der Waals surface area contributed by atoms with Crippen molar-refractivity contribution in [3.63, 3.8) is 0 Å². The van der Waals surface area contributed by atoms with Gasteiger partial charge in [-0.05, 0) is 62.6 Å². The molecular weight excluding hydrogens is 416 g/mol. The lowest BCUT2D eigenvalue weighted by Crippen LogP contribution is -2.46. The van der Waals surface area contributed by atoms with E-state index in [1.807, 2.05) is 33.8 Å². The first kappa shape index (κ1) is 22.5. The van der Waals surface area contributed by atoms with Gasteiger partial charge in [-0.3, -0.25) is 14.2 Å². The molecule has 0 atom stereocenters. The number of hydrogen-bond acceptors (Lipinski definition) is 4. The summed E-state index contributed by atoms with van der Waals surface area (Å²) in [4.78, 5) is 41.0. The summed E-state index contributed by atoms with van der Waals surface area (Å²) in [5.41, 5.74) is 1.43. The second kappa shape index (κ2) is 9.31. The van der Waals surface area contributed by atoms with Crippen molar-refractivity contribution in [2.75, 3.05) is 13.1 Å². The van der Waals surface area contributed by atoms with Gasteiger partial charge in [-0.25, -0.2) is 4.79 Å². The monoisotopic (exact) mass is 440 g/mol. The van der Waals surface area contributed by atoms with E-state index in [1.54, 1.807) is 36.4 Å². The second-order valence-corrected chi connectivity index (χ2v) is 7.68. The maximum absolute atomic E-state index is 13.3. The molecule has 0 fully saturated rings. The summed E-state index contributed by atoms with van der Waals surface area (Å²) in [7, 11) is 0. The number of carbonyl (C=O) groups excluding carboxylic acids is 1. The van der Waals surface area contributed by atoms with Crippen molar-refractivity contribution in [1.29, 1.82) is 0 Å². The molecule has 0 aliphatic carbocycles. The van der Waals surface area contributed by atoms with Crippen LogP contribution in [-0.2, 0) is 6.54 Å². The molecule has 0 bridgehead atoms. The second-order valence-electron chi connectivity index (χ2n) is 7.27. The Morgan fingerprint density at radius 1 is 1.03 bits per heavy atom. The van der Waals surface area contributed by atoms with Crippen molar-refractivity contribution in [3.8, 4) is 5.69 Å². The van der Waals surface area contributed by atoms with Gasteiger partial charge in [0, 0.05) is 18.1 Å². The fourth-order valence-corrected chi connectivity index (χ4v) is 3.47. The Labute approximate surface area is 185 Å². The Hall–Kier alpha value is -3.19. The van der Waals surface area contributed by atoms with E-state index in [0.717, 1.165) is 20.4 Å². The first-order valence-corrected chi connectivity index (χ1v) is 10.5. The highest BCUT2D eigenvalue weighted by molar-refractivity contribution is 6.31. The topological polar surface area (TPSA) is 77.2 Å². The van der Waals surface area contributed by atoms with Crippen LogP contribution >= 0.6 is 11.6 Å². The molecule has 0 radical (unpaired) electrons. The predicted molar refractivity (Wildman–Crippen MR) is 121 cm³/mol. The minimum atomic E-state index is -0.734. The van der Waals surface area contributed by atoms with Crippen LogP contribution in [-0.4, -0.2) is 38.2 Å². The Balaban J connectivity index is 2.28. The highest BCUT2D eigenvalue weighted by Gasteiger charge is 2.24. The number of nitrogens with zero attached hydrogens (tertiary/aromatic N) is 4. The van der Waals surface area contributed by atoms with Gasteiger partial charge < -0.3 is 4.90 Å². The van der Waals surface area contributed by atoms with E-state index in [1.165, 1.54) is 4.90 Å². The maximum Gasteiger partial charge on any atom is 0.352 e. The molecule has 162 valence electrons. The molecule has 0 saturated carbocycles. The molecule has 1 heterocycles. The fourth-order valence-electron chi connectivity index (χ4n) is 3.27. The van der Waals surface area contributed by atoms with Crippen LogP contribution in [0.15, 0.2) is 52.1 Å². The molecule has 1 amide bonds. The molecular formula is C23H25ClN4O3. The average Bonchev–Trinajstić information content (AvgIpc) is 2.75. The quantitative estimate of drug-likeness (QED) is 0.589. The van der Waals surface area contributed by atoms with Gasteiger partial charge in [0.25, 0.3) is 11.5 Å². The number of amides is 1. The predicted octanol–water partition coefficient (Wildman–Crippen LogP) is 3.19. The summed E-state index contributed by atoms with van der Waals surface area (Å²) in [6, 6.07) is 12.4. The zero-order valence-corrected chi connectivity index (χ0v) is 18.8. The standard InChI is InChI=1S/C23H25ClN4O3/c1-5-26(6-2)21(29)20-22(30)27(14-17-9-7-8-10-19(17)24)23(31)28(25-20)18-12-11-15(3)16(4)13-18/h7-13H,5-6,14H2,1-4H3. The number of aromatic nitrogens is 3. The number of hydrogen-bond donors (Lipinski definition) is 0. The third kappa shape index (κ3) is 4.46. The van der Waals surface area contributed by atoms with E-state index in [4.69, 9.17) is 11.6 Å².